The van der Waals surface area contributed by atoms with Gasteiger partial charge in [-0.05, 0) is 51.3 Å². The van der Waals surface area contributed by atoms with Crippen molar-refractivity contribution in [3.05, 3.63) is 97.4 Å². The van der Waals surface area contributed by atoms with E-state index >= 15 is 0 Å². The van der Waals surface area contributed by atoms with Crippen LogP contribution in [0.2, 0.25) is 5.02 Å². The zero-order valence-electron chi connectivity index (χ0n) is 14.3. The maximum Gasteiger partial charge on any atom is 0.142 e. The topological polar surface area (TPSA) is 33.6 Å². The highest BCUT2D eigenvalue weighted by Gasteiger charge is 2.09. The van der Waals surface area contributed by atoms with Crippen molar-refractivity contribution < 1.29 is 4.74 Å². The molecule has 0 fully saturated rings. The number of ether oxygens (including phenoxy) is 1. The monoisotopic (exact) mass is 506 g/mol. The van der Waals surface area contributed by atoms with Crippen LogP contribution in [0.15, 0.2) is 80.8 Å². The summed E-state index contributed by atoms with van der Waals surface area (Å²) in [4.78, 5) is 0. The highest BCUT2D eigenvalue weighted by molar-refractivity contribution is 9.11. The second-order valence-electron chi connectivity index (χ2n) is 5.80. The van der Waals surface area contributed by atoms with E-state index < -0.39 is 0 Å². The second kappa shape index (κ2) is 9.93. The van der Waals surface area contributed by atoms with Crippen LogP contribution in [-0.4, -0.2) is 6.21 Å². The van der Waals surface area contributed by atoms with Gasteiger partial charge in [-0.3, -0.25) is 0 Å². The smallest absolute Gasteiger partial charge is 0.142 e. The average Bonchev–Trinajstić information content (AvgIpc) is 2.66. The molecule has 0 aromatic heterocycles. The van der Waals surface area contributed by atoms with Crippen LogP contribution in [-0.2, 0) is 13.2 Å². The lowest BCUT2D eigenvalue weighted by Crippen LogP contribution is -2.06. The van der Waals surface area contributed by atoms with Crippen molar-refractivity contribution in [2.45, 2.75) is 13.2 Å². The van der Waals surface area contributed by atoms with E-state index in [4.69, 9.17) is 16.3 Å². The van der Waals surface area contributed by atoms with Crippen LogP contribution in [0.1, 0.15) is 16.7 Å². The molecule has 0 heterocycles. The third-order valence-electron chi connectivity index (χ3n) is 3.75. The van der Waals surface area contributed by atoms with E-state index in [2.05, 4.69) is 42.4 Å². The second-order valence-corrected chi connectivity index (χ2v) is 8.01. The molecule has 0 spiro atoms. The SMILES string of the molecule is Clc1ccc(CN/N=C\c2cc(Br)cc(Br)c2OCc2ccccc2)cc1. The minimum Gasteiger partial charge on any atom is -0.487 e. The molecule has 27 heavy (non-hydrogen) atoms. The maximum atomic E-state index is 6.04. The normalized spacial score (nSPS) is 10.9. The van der Waals surface area contributed by atoms with E-state index in [-0.39, 0.29) is 0 Å². The van der Waals surface area contributed by atoms with Crippen LogP contribution in [0.25, 0.3) is 0 Å². The van der Waals surface area contributed by atoms with Gasteiger partial charge in [0.1, 0.15) is 12.4 Å². The molecule has 0 aliphatic carbocycles. The average molecular weight is 509 g/mol. The first-order valence-corrected chi connectivity index (χ1v) is 10.2. The van der Waals surface area contributed by atoms with Gasteiger partial charge in [-0.25, -0.2) is 0 Å². The van der Waals surface area contributed by atoms with Crippen molar-refractivity contribution in [3.8, 4) is 5.75 Å². The first-order chi connectivity index (χ1) is 13.1. The van der Waals surface area contributed by atoms with E-state index in [0.717, 1.165) is 36.4 Å². The number of nitrogens with zero attached hydrogens (tertiary/aromatic N) is 1. The molecule has 0 amide bonds. The Balaban J connectivity index is 1.68. The quantitative estimate of drug-likeness (QED) is 0.289. The number of halogens is 3. The van der Waals surface area contributed by atoms with Gasteiger partial charge in [-0.15, -0.1) is 0 Å². The molecular weight excluding hydrogens is 492 g/mol. The van der Waals surface area contributed by atoms with Crippen LogP contribution in [0.3, 0.4) is 0 Å². The van der Waals surface area contributed by atoms with E-state index in [1.807, 2.05) is 66.7 Å². The lowest BCUT2D eigenvalue weighted by Gasteiger charge is -2.12. The summed E-state index contributed by atoms with van der Waals surface area (Å²) in [6.07, 6.45) is 1.76. The number of benzene rings is 3. The number of rotatable bonds is 7. The van der Waals surface area contributed by atoms with E-state index in [1.165, 1.54) is 0 Å². The molecule has 0 saturated carbocycles. The van der Waals surface area contributed by atoms with Crippen molar-refractivity contribution in [1.29, 1.82) is 0 Å². The lowest BCUT2D eigenvalue weighted by molar-refractivity contribution is 0.304. The molecule has 0 radical (unpaired) electrons. The van der Waals surface area contributed by atoms with E-state index in [1.54, 1.807) is 6.21 Å². The summed E-state index contributed by atoms with van der Waals surface area (Å²) in [5.41, 5.74) is 6.13. The zero-order valence-corrected chi connectivity index (χ0v) is 18.3. The van der Waals surface area contributed by atoms with Crippen molar-refractivity contribution in [3.63, 3.8) is 0 Å². The molecule has 3 aromatic rings. The summed E-state index contributed by atoms with van der Waals surface area (Å²) in [5, 5.41) is 5.05. The van der Waals surface area contributed by atoms with Crippen molar-refractivity contribution in [2.75, 3.05) is 0 Å². The predicted molar refractivity (Wildman–Crippen MR) is 119 cm³/mol. The maximum absolute atomic E-state index is 6.04. The molecule has 6 heteroatoms. The van der Waals surface area contributed by atoms with Gasteiger partial charge in [0.2, 0.25) is 0 Å². The molecule has 3 rings (SSSR count). The van der Waals surface area contributed by atoms with Crippen LogP contribution < -0.4 is 10.2 Å². The molecule has 0 bridgehead atoms. The Hall–Kier alpha value is -1.82. The molecule has 0 saturated heterocycles. The lowest BCUT2D eigenvalue weighted by atomic mass is 10.2. The molecule has 0 aliphatic heterocycles. The van der Waals surface area contributed by atoms with Crippen LogP contribution in [0.4, 0.5) is 0 Å². The summed E-state index contributed by atoms with van der Waals surface area (Å²) < 4.78 is 7.85. The van der Waals surface area contributed by atoms with Crippen molar-refractivity contribution >= 4 is 49.7 Å². The predicted octanol–water partition coefficient (Wildman–Crippen LogP) is 6.57. The third-order valence-corrected chi connectivity index (χ3v) is 5.05. The fourth-order valence-corrected chi connectivity index (χ4v) is 3.91. The standard InChI is InChI=1S/C21H17Br2ClN2O/c22-18-10-17(13-26-25-12-15-6-8-19(24)9-7-15)21(20(23)11-18)27-14-16-4-2-1-3-5-16/h1-11,13,25H,12,14H2/b26-13-. The first-order valence-electron chi connectivity index (χ1n) is 8.28. The van der Waals surface area contributed by atoms with Crippen LogP contribution >= 0.6 is 43.5 Å². The first kappa shape index (κ1) is 19.9. The van der Waals surface area contributed by atoms with Crippen molar-refractivity contribution in [1.82, 2.24) is 5.43 Å². The molecule has 0 unspecified atom stereocenters. The molecule has 138 valence electrons. The van der Waals surface area contributed by atoms with Gasteiger partial charge in [0.05, 0.1) is 17.2 Å². The Bertz CT molecular complexity index is 915. The molecule has 1 N–H and O–H groups in total. The number of hydrogen-bond acceptors (Lipinski definition) is 3. The van der Waals surface area contributed by atoms with Gasteiger partial charge in [0.25, 0.3) is 0 Å². The van der Waals surface area contributed by atoms with Gasteiger partial charge in [-0.1, -0.05) is 70.0 Å². The Kier molecular flexibility index (Phi) is 7.33. The van der Waals surface area contributed by atoms with Crippen LogP contribution in [0, 0.1) is 0 Å². The van der Waals surface area contributed by atoms with E-state index in [0.29, 0.717) is 13.2 Å². The number of nitrogens with one attached hydrogen (secondary N) is 1. The molecule has 0 atom stereocenters. The van der Waals surface area contributed by atoms with Gasteiger partial charge in [-0.2, -0.15) is 5.10 Å². The van der Waals surface area contributed by atoms with Gasteiger partial charge in [0.15, 0.2) is 0 Å². The highest BCUT2D eigenvalue weighted by Crippen LogP contribution is 2.32. The largest absolute Gasteiger partial charge is 0.487 e. The number of hydrazone groups is 1. The van der Waals surface area contributed by atoms with Gasteiger partial charge >= 0.3 is 0 Å². The highest BCUT2D eigenvalue weighted by atomic mass is 79.9. The summed E-state index contributed by atoms with van der Waals surface area (Å²) in [5.74, 6) is 0.749. The Labute approximate surface area is 180 Å². The Morgan fingerprint density at radius 3 is 2.44 bits per heavy atom. The Morgan fingerprint density at radius 2 is 1.70 bits per heavy atom. The van der Waals surface area contributed by atoms with Gasteiger partial charge in [0, 0.05) is 15.1 Å². The van der Waals surface area contributed by atoms with E-state index in [9.17, 15) is 0 Å². The Morgan fingerprint density at radius 1 is 0.963 bits per heavy atom. The molecule has 3 aromatic carbocycles. The minimum atomic E-state index is 0.486. The summed E-state index contributed by atoms with van der Waals surface area (Å²) in [6, 6.07) is 21.6. The summed E-state index contributed by atoms with van der Waals surface area (Å²) in [7, 11) is 0. The van der Waals surface area contributed by atoms with Crippen molar-refractivity contribution in [2.24, 2.45) is 5.10 Å². The third kappa shape index (κ3) is 6.09. The number of hydrogen-bond donors (Lipinski definition) is 1. The van der Waals surface area contributed by atoms with Gasteiger partial charge < -0.3 is 10.2 Å². The summed E-state index contributed by atoms with van der Waals surface area (Å²) in [6.45, 7) is 1.10. The molecule has 3 nitrogen and oxygen atoms in total. The fourth-order valence-electron chi connectivity index (χ4n) is 2.41. The zero-order chi connectivity index (χ0) is 19.1. The molecular formula is C21H17Br2ClN2O. The molecule has 0 aliphatic rings. The van der Waals surface area contributed by atoms with Crippen LogP contribution in [0.5, 0.6) is 5.75 Å². The fraction of sp³-hybridized carbons (Fsp3) is 0.0952. The minimum absolute atomic E-state index is 0.486. The summed E-state index contributed by atoms with van der Waals surface area (Å²) >= 11 is 13.0.